The Labute approximate surface area is 112 Å². The Morgan fingerprint density at radius 2 is 1.89 bits per heavy atom. The normalized spacial score (nSPS) is 21.9. The van der Waals surface area contributed by atoms with Gasteiger partial charge in [-0.05, 0) is 29.2 Å². The molecule has 0 bridgehead atoms. The number of hydrogen-bond donors (Lipinski definition) is 2. The third-order valence-corrected chi connectivity index (χ3v) is 3.82. The van der Waals surface area contributed by atoms with E-state index in [1.165, 1.54) is 10.8 Å². The average molecular weight is 255 g/mol. The molecule has 0 aliphatic heterocycles. The van der Waals surface area contributed by atoms with E-state index in [0.29, 0.717) is 19.4 Å². The molecule has 0 saturated heterocycles. The zero-order chi connectivity index (χ0) is 13.2. The van der Waals surface area contributed by atoms with Gasteiger partial charge in [-0.3, -0.25) is 4.79 Å². The summed E-state index contributed by atoms with van der Waals surface area (Å²) in [7, 11) is 0. The van der Waals surface area contributed by atoms with E-state index in [1.807, 2.05) is 24.3 Å². The zero-order valence-corrected chi connectivity index (χ0v) is 10.7. The van der Waals surface area contributed by atoms with Gasteiger partial charge in [0, 0.05) is 12.5 Å². The van der Waals surface area contributed by atoms with Gasteiger partial charge in [0.25, 0.3) is 0 Å². The second-order valence-corrected chi connectivity index (χ2v) is 5.18. The standard InChI is InChI=1S/C16H17NO2/c18-14-8-13(9-14)16(19)17-10-12-6-3-5-11-4-1-2-7-15(11)12/h1-7,13-14,18H,8-10H2,(H,17,19). The van der Waals surface area contributed by atoms with Crippen molar-refractivity contribution < 1.29 is 9.90 Å². The van der Waals surface area contributed by atoms with E-state index in [0.717, 1.165) is 5.56 Å². The largest absolute Gasteiger partial charge is 0.393 e. The third kappa shape index (κ3) is 2.47. The Kier molecular flexibility index (Phi) is 3.22. The highest BCUT2D eigenvalue weighted by Gasteiger charge is 2.32. The van der Waals surface area contributed by atoms with Crippen LogP contribution in [0.25, 0.3) is 10.8 Å². The number of aliphatic hydroxyl groups is 1. The summed E-state index contributed by atoms with van der Waals surface area (Å²) in [6, 6.07) is 14.3. The van der Waals surface area contributed by atoms with Crippen LogP contribution < -0.4 is 5.32 Å². The number of carbonyl (C=O) groups excluding carboxylic acids is 1. The molecule has 0 atom stereocenters. The molecule has 1 aliphatic carbocycles. The molecule has 3 heteroatoms. The second-order valence-electron chi connectivity index (χ2n) is 5.18. The van der Waals surface area contributed by atoms with Gasteiger partial charge in [-0.1, -0.05) is 42.5 Å². The van der Waals surface area contributed by atoms with Crippen molar-refractivity contribution in [3.8, 4) is 0 Å². The number of fused-ring (bicyclic) bond motifs is 1. The van der Waals surface area contributed by atoms with Gasteiger partial charge in [0.15, 0.2) is 0 Å². The molecule has 2 aromatic rings. The minimum absolute atomic E-state index is 0.00928. The van der Waals surface area contributed by atoms with Crippen molar-refractivity contribution in [2.75, 3.05) is 0 Å². The number of carbonyl (C=O) groups is 1. The molecule has 1 amide bonds. The Morgan fingerprint density at radius 3 is 2.68 bits per heavy atom. The maximum Gasteiger partial charge on any atom is 0.223 e. The molecule has 0 radical (unpaired) electrons. The van der Waals surface area contributed by atoms with Gasteiger partial charge in [0.1, 0.15) is 0 Å². The van der Waals surface area contributed by atoms with Gasteiger partial charge in [0.05, 0.1) is 6.10 Å². The van der Waals surface area contributed by atoms with Crippen LogP contribution in [0.1, 0.15) is 18.4 Å². The highest BCUT2D eigenvalue weighted by molar-refractivity contribution is 5.86. The monoisotopic (exact) mass is 255 g/mol. The van der Waals surface area contributed by atoms with Crippen molar-refractivity contribution in [2.45, 2.75) is 25.5 Å². The molecule has 98 valence electrons. The van der Waals surface area contributed by atoms with Crippen LogP contribution >= 0.6 is 0 Å². The van der Waals surface area contributed by atoms with E-state index in [2.05, 4.69) is 23.5 Å². The van der Waals surface area contributed by atoms with Crippen molar-refractivity contribution in [1.82, 2.24) is 5.32 Å². The molecule has 0 spiro atoms. The molecule has 3 nitrogen and oxygen atoms in total. The predicted molar refractivity (Wildman–Crippen MR) is 74.5 cm³/mol. The summed E-state index contributed by atoms with van der Waals surface area (Å²) in [6.07, 6.45) is 0.913. The van der Waals surface area contributed by atoms with Crippen LogP contribution in [0.3, 0.4) is 0 Å². The van der Waals surface area contributed by atoms with Crippen LogP contribution in [0.15, 0.2) is 42.5 Å². The summed E-state index contributed by atoms with van der Waals surface area (Å²) < 4.78 is 0. The van der Waals surface area contributed by atoms with Crippen LogP contribution in [-0.2, 0) is 11.3 Å². The molecule has 0 unspecified atom stereocenters. The number of nitrogens with one attached hydrogen (secondary N) is 1. The van der Waals surface area contributed by atoms with E-state index in [4.69, 9.17) is 0 Å². The fraction of sp³-hybridized carbons (Fsp3) is 0.312. The Balaban J connectivity index is 1.70. The summed E-state index contributed by atoms with van der Waals surface area (Å²) in [6.45, 7) is 0.548. The summed E-state index contributed by atoms with van der Waals surface area (Å²) in [4.78, 5) is 11.9. The smallest absolute Gasteiger partial charge is 0.223 e. The van der Waals surface area contributed by atoms with Gasteiger partial charge in [0.2, 0.25) is 5.91 Å². The number of benzene rings is 2. The van der Waals surface area contributed by atoms with Crippen molar-refractivity contribution in [3.05, 3.63) is 48.0 Å². The first-order valence-electron chi connectivity index (χ1n) is 6.66. The van der Waals surface area contributed by atoms with Crippen molar-refractivity contribution >= 4 is 16.7 Å². The SMILES string of the molecule is O=C(NCc1cccc2ccccc12)C1CC(O)C1. The van der Waals surface area contributed by atoms with E-state index in [1.54, 1.807) is 0 Å². The molecule has 2 N–H and O–H groups in total. The minimum Gasteiger partial charge on any atom is -0.393 e. The van der Waals surface area contributed by atoms with Crippen molar-refractivity contribution in [1.29, 1.82) is 0 Å². The van der Waals surface area contributed by atoms with Gasteiger partial charge in [-0.15, -0.1) is 0 Å². The fourth-order valence-electron chi connectivity index (χ4n) is 2.58. The molecule has 2 aromatic carbocycles. The second kappa shape index (κ2) is 5.02. The summed E-state index contributed by atoms with van der Waals surface area (Å²) in [5, 5.41) is 14.5. The lowest BCUT2D eigenvalue weighted by Gasteiger charge is -2.30. The van der Waals surface area contributed by atoms with Gasteiger partial charge in [-0.2, -0.15) is 0 Å². The molecule has 1 aliphatic rings. The number of rotatable bonds is 3. The van der Waals surface area contributed by atoms with Crippen LogP contribution in [0.5, 0.6) is 0 Å². The van der Waals surface area contributed by atoms with E-state index >= 15 is 0 Å². The highest BCUT2D eigenvalue weighted by atomic mass is 16.3. The molecule has 19 heavy (non-hydrogen) atoms. The lowest BCUT2D eigenvalue weighted by Crippen LogP contribution is -2.40. The number of aliphatic hydroxyl groups excluding tert-OH is 1. The lowest BCUT2D eigenvalue weighted by molar-refractivity contribution is -0.131. The van der Waals surface area contributed by atoms with Crippen molar-refractivity contribution in [3.63, 3.8) is 0 Å². The zero-order valence-electron chi connectivity index (χ0n) is 10.7. The first-order chi connectivity index (χ1) is 9.24. The van der Waals surface area contributed by atoms with Crippen LogP contribution in [0.2, 0.25) is 0 Å². The van der Waals surface area contributed by atoms with Crippen LogP contribution in [-0.4, -0.2) is 17.1 Å². The fourth-order valence-corrected chi connectivity index (χ4v) is 2.58. The predicted octanol–water partition coefficient (Wildman–Crippen LogP) is 2.23. The third-order valence-electron chi connectivity index (χ3n) is 3.82. The molecule has 1 saturated carbocycles. The summed E-state index contributed by atoms with van der Waals surface area (Å²) in [5.41, 5.74) is 1.13. The summed E-state index contributed by atoms with van der Waals surface area (Å²) in [5.74, 6) is 0.0446. The minimum atomic E-state index is -0.284. The molecule has 0 aromatic heterocycles. The van der Waals surface area contributed by atoms with E-state index in [-0.39, 0.29) is 17.9 Å². The molecular weight excluding hydrogens is 238 g/mol. The maximum atomic E-state index is 11.9. The Bertz CT molecular complexity index is 597. The quantitative estimate of drug-likeness (QED) is 0.883. The van der Waals surface area contributed by atoms with Crippen molar-refractivity contribution in [2.24, 2.45) is 5.92 Å². The highest BCUT2D eigenvalue weighted by Crippen LogP contribution is 2.27. The van der Waals surface area contributed by atoms with Gasteiger partial charge in [-0.25, -0.2) is 0 Å². The first-order valence-corrected chi connectivity index (χ1v) is 6.66. The molecular formula is C16H17NO2. The van der Waals surface area contributed by atoms with Crippen LogP contribution in [0, 0.1) is 5.92 Å². The summed E-state index contributed by atoms with van der Waals surface area (Å²) >= 11 is 0. The van der Waals surface area contributed by atoms with E-state index in [9.17, 15) is 9.90 Å². The average Bonchev–Trinajstić information content (AvgIpc) is 2.41. The molecule has 1 fully saturated rings. The molecule has 0 heterocycles. The Morgan fingerprint density at radius 1 is 1.16 bits per heavy atom. The first kappa shape index (κ1) is 12.2. The molecule has 3 rings (SSSR count). The van der Waals surface area contributed by atoms with E-state index < -0.39 is 0 Å². The topological polar surface area (TPSA) is 49.3 Å². The van der Waals surface area contributed by atoms with Gasteiger partial charge < -0.3 is 10.4 Å². The number of amides is 1. The van der Waals surface area contributed by atoms with Crippen LogP contribution in [0.4, 0.5) is 0 Å². The maximum absolute atomic E-state index is 11.9. The Hall–Kier alpha value is -1.87. The number of hydrogen-bond acceptors (Lipinski definition) is 2. The van der Waals surface area contributed by atoms with Gasteiger partial charge >= 0.3 is 0 Å². The lowest BCUT2D eigenvalue weighted by atomic mass is 9.82.